The number of hydrogen-bond acceptors (Lipinski definition) is 4. The average molecular weight is 424 g/mol. The van der Waals surface area contributed by atoms with Crippen LogP contribution in [0.5, 0.6) is 0 Å². The Balaban J connectivity index is 1.79. The summed E-state index contributed by atoms with van der Waals surface area (Å²) in [5.74, 6) is 0.298. The van der Waals surface area contributed by atoms with Gasteiger partial charge in [0, 0.05) is 17.6 Å². The number of amides is 1. The summed E-state index contributed by atoms with van der Waals surface area (Å²) in [6.07, 6.45) is 4.52. The van der Waals surface area contributed by atoms with Gasteiger partial charge in [-0.25, -0.2) is 9.97 Å². The lowest BCUT2D eigenvalue weighted by Gasteiger charge is -2.19. The molecule has 0 spiro atoms. The zero-order chi connectivity index (χ0) is 17.8. The lowest BCUT2D eigenvalue weighted by atomic mass is 10.0. The summed E-state index contributed by atoms with van der Waals surface area (Å²) in [6, 6.07) is 7.83. The second-order valence-electron chi connectivity index (χ2n) is 6.05. The van der Waals surface area contributed by atoms with Crippen molar-refractivity contribution in [3.8, 4) is 0 Å². The van der Waals surface area contributed by atoms with Crippen LogP contribution in [0.15, 0.2) is 34.9 Å². The average Bonchev–Trinajstić information content (AvgIpc) is 3.15. The molecule has 7 heteroatoms. The van der Waals surface area contributed by atoms with Crippen LogP contribution in [0.25, 0.3) is 0 Å². The molecule has 1 amide bonds. The molecule has 0 bridgehead atoms. The Hall–Kier alpha value is -1.66. The van der Waals surface area contributed by atoms with E-state index >= 15 is 0 Å². The van der Waals surface area contributed by atoms with Crippen LogP contribution < -0.4 is 10.2 Å². The molecule has 3 rings (SSSR count). The highest BCUT2D eigenvalue weighted by Gasteiger charge is 2.21. The first kappa shape index (κ1) is 18.1. The van der Waals surface area contributed by atoms with Crippen molar-refractivity contribution < 1.29 is 4.79 Å². The van der Waals surface area contributed by atoms with Crippen molar-refractivity contribution in [1.29, 1.82) is 0 Å². The fourth-order valence-corrected chi connectivity index (χ4v) is 3.37. The van der Waals surface area contributed by atoms with Crippen LogP contribution in [0, 0.1) is 0 Å². The van der Waals surface area contributed by atoms with Crippen LogP contribution in [0.3, 0.4) is 0 Å². The number of halogens is 2. The maximum Gasteiger partial charge on any atom is 0.272 e. The van der Waals surface area contributed by atoms with Crippen molar-refractivity contribution in [2.45, 2.75) is 32.2 Å². The lowest BCUT2D eigenvalue weighted by molar-refractivity contribution is 0.0930. The molecule has 0 aliphatic carbocycles. The Kier molecular flexibility index (Phi) is 5.91. The Morgan fingerprint density at radius 1 is 1.32 bits per heavy atom. The van der Waals surface area contributed by atoms with Crippen LogP contribution in [0.4, 0.5) is 5.95 Å². The summed E-state index contributed by atoms with van der Waals surface area (Å²) >= 11 is 9.61. The second-order valence-corrected chi connectivity index (χ2v) is 7.37. The van der Waals surface area contributed by atoms with Crippen molar-refractivity contribution in [2.75, 3.05) is 18.0 Å². The summed E-state index contributed by atoms with van der Waals surface area (Å²) in [7, 11) is 0. The van der Waals surface area contributed by atoms with Gasteiger partial charge in [-0.1, -0.05) is 46.6 Å². The molecule has 25 heavy (non-hydrogen) atoms. The number of benzene rings is 1. The van der Waals surface area contributed by atoms with Crippen LogP contribution in [-0.4, -0.2) is 29.0 Å². The van der Waals surface area contributed by atoms with Gasteiger partial charge in [0.2, 0.25) is 5.95 Å². The molecule has 2 heterocycles. The van der Waals surface area contributed by atoms with Crippen molar-refractivity contribution in [3.05, 3.63) is 51.2 Å². The van der Waals surface area contributed by atoms with E-state index in [1.54, 1.807) is 0 Å². The van der Waals surface area contributed by atoms with E-state index in [0.29, 0.717) is 5.95 Å². The number of aromatic nitrogens is 2. The van der Waals surface area contributed by atoms with E-state index in [2.05, 4.69) is 36.1 Å². The molecule has 1 aliphatic heterocycles. The number of rotatable bonds is 5. The third-order valence-electron chi connectivity index (χ3n) is 4.32. The molecule has 1 unspecified atom stereocenters. The molecule has 1 aliphatic rings. The molecule has 0 radical (unpaired) electrons. The van der Waals surface area contributed by atoms with E-state index in [-0.39, 0.29) is 22.7 Å². The first-order valence-corrected chi connectivity index (χ1v) is 9.59. The fourth-order valence-electron chi connectivity index (χ4n) is 2.93. The predicted octanol–water partition coefficient (Wildman–Crippen LogP) is 4.37. The molecular formula is C18H20BrClN4O. The Morgan fingerprint density at radius 3 is 2.64 bits per heavy atom. The molecule has 5 nitrogen and oxygen atoms in total. The van der Waals surface area contributed by atoms with E-state index in [9.17, 15) is 4.79 Å². The van der Waals surface area contributed by atoms with Gasteiger partial charge in [-0.3, -0.25) is 4.79 Å². The standard InChI is InChI=1S/C18H20BrClN4O/c1-2-15(12-5-7-13(19)8-6-12)22-17(25)16-14(20)11-21-18(23-16)24-9-3-4-10-24/h5-8,11,15H,2-4,9-10H2,1H3,(H,22,25). The minimum atomic E-state index is -0.275. The highest BCUT2D eigenvalue weighted by atomic mass is 79.9. The van der Waals surface area contributed by atoms with Gasteiger partial charge >= 0.3 is 0 Å². The SMILES string of the molecule is CCC(NC(=O)c1nc(N2CCCC2)ncc1Cl)c1ccc(Br)cc1. The molecule has 1 aromatic carbocycles. The molecule has 0 saturated carbocycles. The van der Waals surface area contributed by atoms with E-state index in [1.807, 2.05) is 31.2 Å². The van der Waals surface area contributed by atoms with Crippen LogP contribution in [0.2, 0.25) is 5.02 Å². The van der Waals surface area contributed by atoms with Gasteiger partial charge < -0.3 is 10.2 Å². The van der Waals surface area contributed by atoms with Gasteiger partial charge in [-0.05, 0) is 37.0 Å². The van der Waals surface area contributed by atoms with Gasteiger partial charge in [0.15, 0.2) is 5.69 Å². The minimum Gasteiger partial charge on any atom is -0.344 e. The number of hydrogen-bond donors (Lipinski definition) is 1. The highest BCUT2D eigenvalue weighted by molar-refractivity contribution is 9.10. The molecule has 2 aromatic rings. The van der Waals surface area contributed by atoms with Gasteiger partial charge in [0.1, 0.15) is 0 Å². The van der Waals surface area contributed by atoms with Crippen LogP contribution in [0.1, 0.15) is 48.3 Å². The maximum atomic E-state index is 12.7. The fraction of sp³-hybridized carbons (Fsp3) is 0.389. The van der Waals surface area contributed by atoms with E-state index in [1.165, 1.54) is 6.20 Å². The molecule has 1 aromatic heterocycles. The van der Waals surface area contributed by atoms with Crippen molar-refractivity contribution in [1.82, 2.24) is 15.3 Å². The first-order chi connectivity index (χ1) is 12.1. The zero-order valence-electron chi connectivity index (χ0n) is 14.0. The number of nitrogens with one attached hydrogen (secondary N) is 1. The maximum absolute atomic E-state index is 12.7. The Bertz CT molecular complexity index is 747. The van der Waals surface area contributed by atoms with E-state index in [0.717, 1.165) is 42.4 Å². The summed E-state index contributed by atoms with van der Waals surface area (Å²) in [6.45, 7) is 3.86. The number of carbonyl (C=O) groups is 1. The zero-order valence-corrected chi connectivity index (χ0v) is 16.3. The van der Waals surface area contributed by atoms with E-state index in [4.69, 9.17) is 11.6 Å². The monoisotopic (exact) mass is 422 g/mol. The summed E-state index contributed by atoms with van der Waals surface area (Å²) < 4.78 is 1.01. The van der Waals surface area contributed by atoms with Crippen molar-refractivity contribution >= 4 is 39.4 Å². The number of nitrogens with zero attached hydrogens (tertiary/aromatic N) is 3. The smallest absolute Gasteiger partial charge is 0.272 e. The third kappa shape index (κ3) is 4.30. The van der Waals surface area contributed by atoms with Gasteiger partial charge in [0.25, 0.3) is 5.91 Å². The first-order valence-electron chi connectivity index (χ1n) is 8.42. The van der Waals surface area contributed by atoms with Gasteiger partial charge in [-0.2, -0.15) is 0 Å². The Labute approximate surface area is 160 Å². The highest BCUT2D eigenvalue weighted by Crippen LogP contribution is 2.23. The largest absolute Gasteiger partial charge is 0.344 e. The third-order valence-corrected chi connectivity index (χ3v) is 5.13. The molecule has 1 atom stereocenters. The number of carbonyl (C=O) groups excluding carboxylic acids is 1. The van der Waals surface area contributed by atoms with Crippen LogP contribution in [-0.2, 0) is 0 Å². The van der Waals surface area contributed by atoms with Crippen LogP contribution >= 0.6 is 27.5 Å². The second kappa shape index (κ2) is 8.15. The summed E-state index contributed by atoms with van der Waals surface area (Å²) in [4.78, 5) is 23.5. The minimum absolute atomic E-state index is 0.0955. The Morgan fingerprint density at radius 2 is 2.00 bits per heavy atom. The van der Waals surface area contributed by atoms with Gasteiger partial charge in [0.05, 0.1) is 17.3 Å². The summed E-state index contributed by atoms with van der Waals surface area (Å²) in [5, 5.41) is 3.30. The topological polar surface area (TPSA) is 58.1 Å². The molecular weight excluding hydrogens is 404 g/mol. The lowest BCUT2D eigenvalue weighted by Crippen LogP contribution is -2.30. The van der Waals surface area contributed by atoms with Crippen molar-refractivity contribution in [3.63, 3.8) is 0 Å². The van der Waals surface area contributed by atoms with Crippen molar-refractivity contribution in [2.24, 2.45) is 0 Å². The molecule has 1 fully saturated rings. The normalized spacial score (nSPS) is 15.2. The van der Waals surface area contributed by atoms with Gasteiger partial charge in [-0.15, -0.1) is 0 Å². The molecule has 132 valence electrons. The molecule has 1 saturated heterocycles. The van der Waals surface area contributed by atoms with E-state index < -0.39 is 0 Å². The molecule has 1 N–H and O–H groups in total. The quantitative estimate of drug-likeness (QED) is 0.775. The summed E-state index contributed by atoms with van der Waals surface area (Å²) in [5.41, 5.74) is 1.28. The number of anilines is 1. The predicted molar refractivity (Wildman–Crippen MR) is 103 cm³/mol.